The van der Waals surface area contributed by atoms with Crippen molar-refractivity contribution in [3.8, 4) is 6.07 Å². The van der Waals surface area contributed by atoms with Gasteiger partial charge in [-0.15, -0.1) is 0 Å². The number of nitrogens with zero attached hydrogens (tertiary/aromatic N) is 2. The Labute approximate surface area is 125 Å². The SMILES string of the molecule is CC(C)[C@H](N)C(=O)N1C(C#N)C[C@H]2C[C@H]21.O=C(O)C(F)(F)F. The van der Waals surface area contributed by atoms with Gasteiger partial charge in [0.1, 0.15) is 6.04 Å². The molecule has 0 aromatic carbocycles. The highest BCUT2D eigenvalue weighted by Crippen LogP contribution is 2.47. The number of amides is 1. The van der Waals surface area contributed by atoms with Crippen molar-refractivity contribution in [1.82, 2.24) is 4.90 Å². The van der Waals surface area contributed by atoms with Crippen LogP contribution in [0.15, 0.2) is 0 Å². The minimum absolute atomic E-state index is 0.0402. The van der Waals surface area contributed by atoms with E-state index in [0.29, 0.717) is 12.0 Å². The van der Waals surface area contributed by atoms with Crippen LogP contribution in [-0.4, -0.2) is 46.2 Å². The number of rotatable bonds is 2. The molecule has 2 rings (SSSR count). The van der Waals surface area contributed by atoms with Crippen molar-refractivity contribution in [1.29, 1.82) is 5.26 Å². The lowest BCUT2D eigenvalue weighted by atomic mass is 10.0. The van der Waals surface area contributed by atoms with Gasteiger partial charge in [0.2, 0.25) is 5.91 Å². The van der Waals surface area contributed by atoms with Crippen LogP contribution in [0.4, 0.5) is 13.2 Å². The summed E-state index contributed by atoms with van der Waals surface area (Å²) >= 11 is 0. The number of halogens is 3. The molecular weight excluding hydrogens is 303 g/mol. The van der Waals surface area contributed by atoms with Crippen molar-refractivity contribution in [3.63, 3.8) is 0 Å². The Balaban J connectivity index is 0.000000295. The van der Waals surface area contributed by atoms with Gasteiger partial charge in [-0.25, -0.2) is 4.79 Å². The molecule has 0 bridgehead atoms. The van der Waals surface area contributed by atoms with E-state index in [4.69, 9.17) is 20.9 Å². The Kier molecular flexibility index (Phi) is 5.40. The topological polar surface area (TPSA) is 107 Å². The molecule has 124 valence electrons. The molecule has 22 heavy (non-hydrogen) atoms. The first-order chi connectivity index (χ1) is 10.0. The average molecular weight is 321 g/mol. The molecule has 2 aliphatic rings. The van der Waals surface area contributed by atoms with Gasteiger partial charge in [0.05, 0.1) is 12.1 Å². The predicted molar refractivity (Wildman–Crippen MR) is 69.3 cm³/mol. The van der Waals surface area contributed by atoms with Gasteiger partial charge in [-0.05, 0) is 24.7 Å². The van der Waals surface area contributed by atoms with Crippen molar-refractivity contribution in [2.45, 2.75) is 51.0 Å². The molecule has 0 spiro atoms. The second-order valence-corrected chi connectivity index (χ2v) is 5.76. The number of alkyl halides is 3. The summed E-state index contributed by atoms with van der Waals surface area (Å²) in [7, 11) is 0. The number of carboxylic acid groups (broad SMARTS) is 1. The van der Waals surface area contributed by atoms with Crippen LogP contribution in [0.2, 0.25) is 0 Å². The lowest BCUT2D eigenvalue weighted by molar-refractivity contribution is -0.192. The summed E-state index contributed by atoms with van der Waals surface area (Å²) in [4.78, 5) is 22.7. The second-order valence-electron chi connectivity index (χ2n) is 5.76. The zero-order valence-electron chi connectivity index (χ0n) is 12.2. The highest BCUT2D eigenvalue weighted by atomic mass is 19.4. The molecule has 1 saturated heterocycles. The van der Waals surface area contributed by atoms with E-state index in [1.54, 1.807) is 4.90 Å². The van der Waals surface area contributed by atoms with E-state index >= 15 is 0 Å². The maximum Gasteiger partial charge on any atom is 0.490 e. The first-order valence-corrected chi connectivity index (χ1v) is 6.78. The van der Waals surface area contributed by atoms with Crippen molar-refractivity contribution in [2.24, 2.45) is 17.6 Å². The van der Waals surface area contributed by atoms with Crippen LogP contribution >= 0.6 is 0 Å². The van der Waals surface area contributed by atoms with Gasteiger partial charge in [-0.2, -0.15) is 18.4 Å². The van der Waals surface area contributed by atoms with Crippen LogP contribution in [0, 0.1) is 23.2 Å². The van der Waals surface area contributed by atoms with E-state index < -0.39 is 18.2 Å². The lowest BCUT2D eigenvalue weighted by Crippen LogP contribution is -2.49. The lowest BCUT2D eigenvalue weighted by Gasteiger charge is -2.27. The van der Waals surface area contributed by atoms with Gasteiger partial charge in [-0.1, -0.05) is 13.8 Å². The number of piperidine rings is 1. The van der Waals surface area contributed by atoms with Crippen LogP contribution in [0.3, 0.4) is 0 Å². The van der Waals surface area contributed by atoms with Gasteiger partial charge in [0.15, 0.2) is 0 Å². The zero-order chi connectivity index (χ0) is 17.2. The molecule has 0 radical (unpaired) electrons. The molecule has 0 aromatic heterocycles. The average Bonchev–Trinajstić information content (AvgIpc) is 3.07. The summed E-state index contributed by atoms with van der Waals surface area (Å²) in [6.45, 7) is 3.87. The predicted octanol–water partition coefficient (Wildman–Crippen LogP) is 1.12. The van der Waals surface area contributed by atoms with Crippen LogP contribution < -0.4 is 5.73 Å². The van der Waals surface area contributed by atoms with E-state index in [0.717, 1.165) is 12.8 Å². The van der Waals surface area contributed by atoms with Crippen LogP contribution in [0.25, 0.3) is 0 Å². The highest BCUT2D eigenvalue weighted by molar-refractivity contribution is 5.83. The number of likely N-dealkylation sites (tertiary alicyclic amines) is 1. The normalized spacial score (nSPS) is 27.4. The first-order valence-electron chi connectivity index (χ1n) is 6.78. The number of carbonyl (C=O) groups excluding carboxylic acids is 1. The number of aliphatic carboxylic acids is 1. The Morgan fingerprint density at radius 3 is 2.23 bits per heavy atom. The molecule has 2 fully saturated rings. The fourth-order valence-corrected chi connectivity index (χ4v) is 2.35. The second kappa shape index (κ2) is 6.52. The minimum atomic E-state index is -5.08. The highest BCUT2D eigenvalue weighted by Gasteiger charge is 2.54. The molecule has 1 aliphatic carbocycles. The molecule has 0 aromatic rings. The third-order valence-electron chi connectivity index (χ3n) is 3.75. The van der Waals surface area contributed by atoms with E-state index in [1.165, 1.54) is 0 Å². The fraction of sp³-hybridized carbons (Fsp3) is 0.769. The number of hydrogen-bond acceptors (Lipinski definition) is 4. The Morgan fingerprint density at radius 2 is 1.86 bits per heavy atom. The first kappa shape index (κ1) is 18.2. The van der Waals surface area contributed by atoms with Crippen LogP contribution in [-0.2, 0) is 9.59 Å². The summed E-state index contributed by atoms with van der Waals surface area (Å²) in [5.41, 5.74) is 5.84. The monoisotopic (exact) mass is 321 g/mol. The van der Waals surface area contributed by atoms with Gasteiger partial charge >= 0.3 is 12.1 Å². The number of nitriles is 1. The summed E-state index contributed by atoms with van der Waals surface area (Å²) in [5.74, 6) is -2.10. The van der Waals surface area contributed by atoms with Gasteiger partial charge in [0.25, 0.3) is 0 Å². The molecule has 1 aliphatic heterocycles. The van der Waals surface area contributed by atoms with Gasteiger partial charge < -0.3 is 15.7 Å². The Morgan fingerprint density at radius 1 is 1.36 bits per heavy atom. The summed E-state index contributed by atoms with van der Waals surface area (Å²) in [5, 5.41) is 16.1. The quantitative estimate of drug-likeness (QED) is 0.792. The van der Waals surface area contributed by atoms with Gasteiger partial charge in [-0.3, -0.25) is 4.79 Å². The maximum atomic E-state index is 12.0. The largest absolute Gasteiger partial charge is 0.490 e. The number of carboxylic acids is 1. The maximum absolute atomic E-state index is 12.0. The van der Waals surface area contributed by atoms with Crippen molar-refractivity contribution in [3.05, 3.63) is 0 Å². The third kappa shape index (κ3) is 4.10. The molecule has 1 heterocycles. The molecule has 3 N–H and O–H groups in total. The van der Waals surface area contributed by atoms with Crippen molar-refractivity contribution >= 4 is 11.9 Å². The van der Waals surface area contributed by atoms with Crippen molar-refractivity contribution in [2.75, 3.05) is 0 Å². The van der Waals surface area contributed by atoms with E-state index in [9.17, 15) is 18.0 Å². The Bertz CT molecular complexity index is 487. The summed E-state index contributed by atoms with van der Waals surface area (Å²) < 4.78 is 31.7. The summed E-state index contributed by atoms with van der Waals surface area (Å²) in [6, 6.07) is 1.82. The van der Waals surface area contributed by atoms with Crippen LogP contribution in [0.1, 0.15) is 26.7 Å². The Hall–Kier alpha value is -1.82. The van der Waals surface area contributed by atoms with E-state index in [-0.39, 0.29) is 17.9 Å². The number of fused-ring (bicyclic) bond motifs is 1. The standard InChI is InChI=1S/C11H17N3O.C2HF3O2/c1-6(2)10(13)11(15)14-8(5-12)3-7-4-9(7)14;3-2(4,5)1(6)7/h6-10H,3-4,13H2,1-2H3;(H,6,7)/t7-,8?,9+,10-;/m0./s1. The molecular formula is C13H18F3N3O3. The number of nitrogens with two attached hydrogens (primary N) is 1. The molecule has 1 amide bonds. The minimum Gasteiger partial charge on any atom is -0.475 e. The molecule has 1 unspecified atom stereocenters. The molecule has 4 atom stereocenters. The molecule has 1 saturated carbocycles. The summed E-state index contributed by atoms with van der Waals surface area (Å²) in [6.07, 6.45) is -3.17. The number of carbonyl (C=O) groups is 2. The van der Waals surface area contributed by atoms with E-state index in [2.05, 4.69) is 6.07 Å². The third-order valence-corrected chi connectivity index (χ3v) is 3.75. The molecule has 9 heteroatoms. The van der Waals surface area contributed by atoms with Gasteiger partial charge in [0, 0.05) is 6.04 Å². The zero-order valence-corrected chi connectivity index (χ0v) is 12.2. The molecule has 6 nitrogen and oxygen atoms in total. The smallest absolute Gasteiger partial charge is 0.475 e. The number of hydrogen-bond donors (Lipinski definition) is 2. The fourth-order valence-electron chi connectivity index (χ4n) is 2.35. The van der Waals surface area contributed by atoms with Crippen LogP contribution in [0.5, 0.6) is 0 Å². The van der Waals surface area contributed by atoms with Crippen molar-refractivity contribution < 1.29 is 27.9 Å². The van der Waals surface area contributed by atoms with E-state index in [1.807, 2.05) is 13.8 Å².